The molecule has 21 heavy (non-hydrogen) atoms. The highest BCUT2D eigenvalue weighted by molar-refractivity contribution is 5.82. The van der Waals surface area contributed by atoms with E-state index < -0.39 is 0 Å². The van der Waals surface area contributed by atoms with Crippen LogP contribution in [-0.4, -0.2) is 32.8 Å². The maximum absolute atomic E-state index is 12.5. The number of carbonyl (C=O) groups is 1. The zero-order chi connectivity index (χ0) is 15.1. The second-order valence-electron chi connectivity index (χ2n) is 5.89. The van der Waals surface area contributed by atoms with Crippen molar-refractivity contribution in [1.29, 1.82) is 0 Å². The zero-order valence-electron chi connectivity index (χ0n) is 12.8. The molecule has 1 fully saturated rings. The van der Waals surface area contributed by atoms with Crippen molar-refractivity contribution < 1.29 is 9.32 Å². The van der Waals surface area contributed by atoms with E-state index in [0.717, 1.165) is 29.0 Å². The fourth-order valence-electron chi connectivity index (χ4n) is 2.79. The van der Waals surface area contributed by atoms with Crippen molar-refractivity contribution in [2.75, 3.05) is 7.05 Å². The van der Waals surface area contributed by atoms with Gasteiger partial charge in [0.15, 0.2) is 0 Å². The zero-order valence-corrected chi connectivity index (χ0v) is 12.8. The van der Waals surface area contributed by atoms with Crippen LogP contribution in [0.1, 0.15) is 34.9 Å². The summed E-state index contributed by atoms with van der Waals surface area (Å²) in [5, 5.41) is 8.10. The Morgan fingerprint density at radius 2 is 2.29 bits per heavy atom. The van der Waals surface area contributed by atoms with E-state index in [1.165, 1.54) is 0 Å². The van der Waals surface area contributed by atoms with Crippen molar-refractivity contribution in [2.24, 2.45) is 13.0 Å². The molecule has 6 heteroatoms. The Labute approximate surface area is 123 Å². The number of hydrogen-bond acceptors (Lipinski definition) is 4. The number of carbonyl (C=O) groups excluding carboxylic acids is 1. The normalized spacial score (nSPS) is 20.6. The smallest absolute Gasteiger partial charge is 0.226 e. The lowest BCUT2D eigenvalue weighted by molar-refractivity contribution is -0.131. The molecule has 6 nitrogen and oxygen atoms in total. The van der Waals surface area contributed by atoms with Crippen LogP contribution in [0.5, 0.6) is 0 Å². The molecule has 1 amide bonds. The molecule has 112 valence electrons. The largest absolute Gasteiger partial charge is 0.361 e. The molecule has 3 rings (SSSR count). The fourth-order valence-corrected chi connectivity index (χ4v) is 2.79. The van der Waals surface area contributed by atoms with E-state index in [2.05, 4.69) is 10.3 Å². The number of hydrogen-bond donors (Lipinski definition) is 0. The van der Waals surface area contributed by atoms with Crippen LogP contribution in [0.3, 0.4) is 0 Å². The van der Waals surface area contributed by atoms with Gasteiger partial charge in [-0.2, -0.15) is 5.10 Å². The first-order valence-corrected chi connectivity index (χ1v) is 7.12. The van der Waals surface area contributed by atoms with Gasteiger partial charge in [-0.1, -0.05) is 5.16 Å². The standard InChI is InChI=1S/C15H20N4O2/c1-9-14(10(2)21-17-9)8-18(3)15(20)13-5-12(13)11-6-16-19(4)7-11/h6-7,12-13H,5,8H2,1-4H3. The predicted octanol–water partition coefficient (Wildman–Crippen LogP) is 1.79. The second-order valence-corrected chi connectivity index (χ2v) is 5.89. The molecule has 1 saturated carbocycles. The maximum atomic E-state index is 12.5. The molecular weight excluding hydrogens is 268 g/mol. The fraction of sp³-hybridized carbons (Fsp3) is 0.533. The quantitative estimate of drug-likeness (QED) is 0.860. The molecule has 1 aliphatic carbocycles. The first kappa shape index (κ1) is 13.9. The molecule has 0 aliphatic heterocycles. The number of nitrogens with zero attached hydrogens (tertiary/aromatic N) is 4. The van der Waals surface area contributed by atoms with Crippen molar-refractivity contribution in [3.05, 3.63) is 35.0 Å². The van der Waals surface area contributed by atoms with Gasteiger partial charge in [0, 0.05) is 31.8 Å². The van der Waals surface area contributed by atoms with E-state index in [0.29, 0.717) is 12.5 Å². The van der Waals surface area contributed by atoms with Crippen LogP contribution in [0.2, 0.25) is 0 Å². The van der Waals surface area contributed by atoms with Gasteiger partial charge in [0.1, 0.15) is 5.76 Å². The van der Waals surface area contributed by atoms with Crippen LogP contribution >= 0.6 is 0 Å². The molecule has 0 N–H and O–H groups in total. The Morgan fingerprint density at radius 1 is 1.52 bits per heavy atom. The molecular formula is C15H20N4O2. The Hall–Kier alpha value is -2.11. The van der Waals surface area contributed by atoms with E-state index >= 15 is 0 Å². The maximum Gasteiger partial charge on any atom is 0.226 e. The highest BCUT2D eigenvalue weighted by Crippen LogP contribution is 2.48. The first-order chi connectivity index (χ1) is 9.97. The first-order valence-electron chi connectivity index (χ1n) is 7.12. The minimum atomic E-state index is 0.0830. The van der Waals surface area contributed by atoms with Crippen LogP contribution in [0.25, 0.3) is 0 Å². The van der Waals surface area contributed by atoms with Crippen molar-refractivity contribution >= 4 is 5.91 Å². The van der Waals surface area contributed by atoms with Crippen LogP contribution in [0.15, 0.2) is 16.9 Å². The van der Waals surface area contributed by atoms with Crippen LogP contribution in [-0.2, 0) is 18.4 Å². The molecule has 0 saturated heterocycles. The molecule has 0 aromatic carbocycles. The van der Waals surface area contributed by atoms with E-state index in [1.54, 1.807) is 9.58 Å². The lowest BCUT2D eigenvalue weighted by atomic mass is 10.1. The minimum Gasteiger partial charge on any atom is -0.361 e. The summed E-state index contributed by atoms with van der Waals surface area (Å²) in [6, 6.07) is 0. The molecule has 0 radical (unpaired) electrons. The number of rotatable bonds is 4. The third kappa shape index (κ3) is 2.57. The third-order valence-electron chi connectivity index (χ3n) is 4.21. The van der Waals surface area contributed by atoms with Gasteiger partial charge in [-0.25, -0.2) is 0 Å². The predicted molar refractivity (Wildman–Crippen MR) is 76.5 cm³/mol. The van der Waals surface area contributed by atoms with Gasteiger partial charge in [-0.3, -0.25) is 9.48 Å². The van der Waals surface area contributed by atoms with Crippen LogP contribution in [0.4, 0.5) is 0 Å². The molecule has 2 aromatic rings. The number of amides is 1. The number of aromatic nitrogens is 3. The Bertz CT molecular complexity index is 654. The van der Waals surface area contributed by atoms with Crippen molar-refractivity contribution in [3.8, 4) is 0 Å². The van der Waals surface area contributed by atoms with Gasteiger partial charge in [-0.05, 0) is 31.7 Å². The van der Waals surface area contributed by atoms with Gasteiger partial charge in [0.05, 0.1) is 18.4 Å². The highest BCUT2D eigenvalue weighted by atomic mass is 16.5. The summed E-state index contributed by atoms with van der Waals surface area (Å²) in [7, 11) is 3.74. The average molecular weight is 288 g/mol. The Balaban J connectivity index is 1.64. The lowest BCUT2D eigenvalue weighted by Gasteiger charge is -2.17. The lowest BCUT2D eigenvalue weighted by Crippen LogP contribution is -2.28. The Morgan fingerprint density at radius 3 is 2.86 bits per heavy atom. The summed E-state index contributed by atoms with van der Waals surface area (Å²) >= 11 is 0. The van der Waals surface area contributed by atoms with Gasteiger partial charge < -0.3 is 9.42 Å². The van der Waals surface area contributed by atoms with E-state index in [1.807, 2.05) is 40.3 Å². The monoisotopic (exact) mass is 288 g/mol. The summed E-state index contributed by atoms with van der Waals surface area (Å²) in [6.45, 7) is 4.33. The van der Waals surface area contributed by atoms with Crippen LogP contribution < -0.4 is 0 Å². The van der Waals surface area contributed by atoms with Gasteiger partial charge in [0.25, 0.3) is 0 Å². The number of aryl methyl sites for hydroxylation is 3. The molecule has 2 heterocycles. The van der Waals surface area contributed by atoms with Gasteiger partial charge in [0.2, 0.25) is 5.91 Å². The molecule has 0 bridgehead atoms. The SMILES string of the molecule is Cc1noc(C)c1CN(C)C(=O)C1CC1c1cnn(C)c1. The average Bonchev–Trinajstić information content (AvgIpc) is 3.05. The highest BCUT2D eigenvalue weighted by Gasteiger charge is 2.45. The van der Waals surface area contributed by atoms with Crippen molar-refractivity contribution in [2.45, 2.75) is 32.7 Å². The molecule has 2 aromatic heterocycles. The third-order valence-corrected chi connectivity index (χ3v) is 4.21. The van der Waals surface area contributed by atoms with Gasteiger partial charge >= 0.3 is 0 Å². The Kier molecular flexibility index (Phi) is 3.31. The van der Waals surface area contributed by atoms with E-state index in [4.69, 9.17) is 4.52 Å². The molecule has 2 unspecified atom stereocenters. The summed E-state index contributed by atoms with van der Waals surface area (Å²) < 4.78 is 6.93. The summed E-state index contributed by atoms with van der Waals surface area (Å²) in [5.41, 5.74) is 3.01. The topological polar surface area (TPSA) is 64.2 Å². The molecule has 1 aliphatic rings. The summed E-state index contributed by atoms with van der Waals surface area (Å²) in [4.78, 5) is 14.3. The van der Waals surface area contributed by atoms with Crippen molar-refractivity contribution in [1.82, 2.24) is 19.8 Å². The minimum absolute atomic E-state index is 0.0830. The summed E-state index contributed by atoms with van der Waals surface area (Å²) in [5.74, 6) is 1.37. The van der Waals surface area contributed by atoms with E-state index in [9.17, 15) is 4.79 Å². The van der Waals surface area contributed by atoms with Crippen LogP contribution in [0, 0.1) is 19.8 Å². The van der Waals surface area contributed by atoms with Gasteiger partial charge in [-0.15, -0.1) is 0 Å². The summed E-state index contributed by atoms with van der Waals surface area (Å²) in [6.07, 6.45) is 4.76. The molecule has 2 atom stereocenters. The van der Waals surface area contributed by atoms with Crippen molar-refractivity contribution in [3.63, 3.8) is 0 Å². The second kappa shape index (κ2) is 5.02. The molecule has 0 spiro atoms. The van der Waals surface area contributed by atoms with E-state index in [-0.39, 0.29) is 11.8 Å².